The summed E-state index contributed by atoms with van der Waals surface area (Å²) in [7, 11) is 0. The Bertz CT molecular complexity index is 826. The number of carbonyl (C=O) groups is 2. The number of hydrogen-bond donors (Lipinski definition) is 1. The fourth-order valence-electron chi connectivity index (χ4n) is 3.20. The zero-order valence-electron chi connectivity index (χ0n) is 16.6. The summed E-state index contributed by atoms with van der Waals surface area (Å²) in [6.45, 7) is 6.46. The Balaban J connectivity index is 1.70. The quantitative estimate of drug-likeness (QED) is 0.764. The van der Waals surface area contributed by atoms with Crippen LogP contribution in [0, 0.1) is 5.92 Å². The first-order valence-electron chi connectivity index (χ1n) is 9.97. The summed E-state index contributed by atoms with van der Waals surface area (Å²) in [6, 6.07) is 14.3. The van der Waals surface area contributed by atoms with Gasteiger partial charge in [0.15, 0.2) is 0 Å². The van der Waals surface area contributed by atoms with E-state index in [-0.39, 0.29) is 11.8 Å². The zero-order chi connectivity index (χ0) is 19.9. The van der Waals surface area contributed by atoms with Gasteiger partial charge in [-0.15, -0.1) is 0 Å². The average molecular weight is 380 g/mol. The van der Waals surface area contributed by atoms with Crippen LogP contribution in [0.1, 0.15) is 53.8 Å². The van der Waals surface area contributed by atoms with Gasteiger partial charge in [-0.25, -0.2) is 0 Å². The first-order chi connectivity index (χ1) is 13.5. The van der Waals surface area contributed by atoms with Crippen LogP contribution in [0.3, 0.4) is 0 Å². The molecule has 2 aromatic rings. The molecular formula is C23H28N2O3. The lowest BCUT2D eigenvalue weighted by Gasteiger charge is -2.18. The highest BCUT2D eigenvalue weighted by atomic mass is 16.5. The highest BCUT2D eigenvalue weighted by Gasteiger charge is 2.22. The molecule has 0 aliphatic carbocycles. The fourth-order valence-corrected chi connectivity index (χ4v) is 3.20. The van der Waals surface area contributed by atoms with Gasteiger partial charge in [0.05, 0.1) is 17.9 Å². The molecule has 0 spiro atoms. The third-order valence-electron chi connectivity index (χ3n) is 4.86. The number of carbonyl (C=O) groups excluding carboxylic acids is 2. The van der Waals surface area contributed by atoms with E-state index in [0.29, 0.717) is 35.1 Å². The van der Waals surface area contributed by atoms with Gasteiger partial charge in [-0.3, -0.25) is 9.59 Å². The Kier molecular flexibility index (Phi) is 6.69. The van der Waals surface area contributed by atoms with Gasteiger partial charge in [0.25, 0.3) is 11.8 Å². The number of para-hydroxylation sites is 1. The van der Waals surface area contributed by atoms with Gasteiger partial charge in [0.2, 0.25) is 0 Å². The van der Waals surface area contributed by atoms with Gasteiger partial charge in [0.1, 0.15) is 5.75 Å². The van der Waals surface area contributed by atoms with Gasteiger partial charge in [0, 0.05) is 18.7 Å². The van der Waals surface area contributed by atoms with Crippen molar-refractivity contribution >= 4 is 17.5 Å². The summed E-state index contributed by atoms with van der Waals surface area (Å²) in [5, 5.41) is 2.89. The summed E-state index contributed by atoms with van der Waals surface area (Å²) < 4.78 is 5.75. The van der Waals surface area contributed by atoms with Crippen molar-refractivity contribution in [3.05, 3.63) is 59.7 Å². The van der Waals surface area contributed by atoms with Crippen LogP contribution in [0.2, 0.25) is 0 Å². The zero-order valence-corrected chi connectivity index (χ0v) is 16.6. The number of nitrogens with zero attached hydrogens (tertiary/aromatic N) is 1. The molecule has 1 N–H and O–H groups in total. The minimum absolute atomic E-state index is 0.0285. The molecule has 5 heteroatoms. The molecule has 0 bridgehead atoms. The van der Waals surface area contributed by atoms with Crippen LogP contribution in [0.5, 0.6) is 5.75 Å². The Labute approximate surface area is 166 Å². The van der Waals surface area contributed by atoms with Crippen molar-refractivity contribution in [3.63, 3.8) is 0 Å². The molecule has 2 aromatic carbocycles. The molecule has 0 unspecified atom stereocenters. The number of benzene rings is 2. The lowest BCUT2D eigenvalue weighted by Crippen LogP contribution is -2.28. The molecule has 148 valence electrons. The van der Waals surface area contributed by atoms with E-state index >= 15 is 0 Å². The standard InChI is InChI=1S/C23H28N2O3/c1-17(2)12-15-28-19-9-7-8-18(16-19)22(26)24-21-11-4-3-10-20(21)23(27)25-13-5-6-14-25/h3-4,7-11,16-17H,5-6,12-15H2,1-2H3,(H,24,26). The van der Waals surface area contributed by atoms with Gasteiger partial charge >= 0.3 is 0 Å². The lowest BCUT2D eigenvalue weighted by atomic mass is 10.1. The summed E-state index contributed by atoms with van der Waals surface area (Å²) >= 11 is 0. The van der Waals surface area contributed by atoms with Crippen LogP contribution < -0.4 is 10.1 Å². The molecule has 1 fully saturated rings. The number of nitrogens with one attached hydrogen (secondary N) is 1. The third kappa shape index (κ3) is 5.12. The molecule has 28 heavy (non-hydrogen) atoms. The maximum atomic E-state index is 12.8. The van der Waals surface area contributed by atoms with Crippen molar-refractivity contribution in [3.8, 4) is 5.75 Å². The summed E-state index contributed by atoms with van der Waals surface area (Å²) in [5.74, 6) is 0.959. The summed E-state index contributed by atoms with van der Waals surface area (Å²) in [4.78, 5) is 27.4. The minimum atomic E-state index is -0.254. The van der Waals surface area contributed by atoms with E-state index in [1.807, 2.05) is 23.1 Å². The SMILES string of the molecule is CC(C)CCOc1cccc(C(=O)Nc2ccccc2C(=O)N2CCCC2)c1. The van der Waals surface area contributed by atoms with Gasteiger partial charge < -0.3 is 15.0 Å². The molecule has 0 saturated carbocycles. The van der Waals surface area contributed by atoms with Crippen LogP contribution in [0.4, 0.5) is 5.69 Å². The van der Waals surface area contributed by atoms with Crippen LogP contribution in [0.15, 0.2) is 48.5 Å². The molecular weight excluding hydrogens is 352 g/mol. The van der Waals surface area contributed by atoms with E-state index in [9.17, 15) is 9.59 Å². The Hall–Kier alpha value is -2.82. The third-order valence-corrected chi connectivity index (χ3v) is 4.86. The van der Waals surface area contributed by atoms with E-state index in [2.05, 4.69) is 19.2 Å². The highest BCUT2D eigenvalue weighted by molar-refractivity contribution is 6.09. The van der Waals surface area contributed by atoms with Crippen molar-refractivity contribution in [2.75, 3.05) is 25.0 Å². The first-order valence-corrected chi connectivity index (χ1v) is 9.97. The van der Waals surface area contributed by atoms with Crippen LogP contribution in [-0.4, -0.2) is 36.4 Å². The van der Waals surface area contributed by atoms with Gasteiger partial charge in [-0.2, -0.15) is 0 Å². The molecule has 1 aliphatic rings. The lowest BCUT2D eigenvalue weighted by molar-refractivity contribution is 0.0794. The largest absolute Gasteiger partial charge is 0.494 e. The topological polar surface area (TPSA) is 58.6 Å². The van der Waals surface area contributed by atoms with Crippen molar-refractivity contribution in [1.82, 2.24) is 4.90 Å². The molecule has 1 aliphatic heterocycles. The predicted octanol–water partition coefficient (Wildman–Crippen LogP) is 4.60. The van der Waals surface area contributed by atoms with Crippen LogP contribution in [-0.2, 0) is 0 Å². The number of hydrogen-bond acceptors (Lipinski definition) is 3. The average Bonchev–Trinajstić information content (AvgIpc) is 3.23. The first kappa shape index (κ1) is 19.9. The van der Waals surface area contributed by atoms with Gasteiger partial charge in [-0.05, 0) is 55.5 Å². The molecule has 2 amide bonds. The Morgan fingerprint density at radius 2 is 1.82 bits per heavy atom. The van der Waals surface area contributed by atoms with Crippen molar-refractivity contribution in [2.24, 2.45) is 5.92 Å². The fraction of sp³-hybridized carbons (Fsp3) is 0.391. The Morgan fingerprint density at radius 3 is 2.57 bits per heavy atom. The highest BCUT2D eigenvalue weighted by Crippen LogP contribution is 2.22. The Morgan fingerprint density at radius 1 is 1.07 bits per heavy atom. The van der Waals surface area contributed by atoms with E-state index in [0.717, 1.165) is 32.4 Å². The minimum Gasteiger partial charge on any atom is -0.494 e. The van der Waals surface area contributed by atoms with Crippen LogP contribution >= 0.6 is 0 Å². The van der Waals surface area contributed by atoms with Crippen molar-refractivity contribution in [2.45, 2.75) is 33.1 Å². The normalized spacial score (nSPS) is 13.6. The molecule has 3 rings (SSSR count). The molecule has 0 aromatic heterocycles. The smallest absolute Gasteiger partial charge is 0.255 e. The van der Waals surface area contributed by atoms with Crippen molar-refractivity contribution < 1.29 is 14.3 Å². The molecule has 0 atom stereocenters. The second kappa shape index (κ2) is 9.40. The maximum absolute atomic E-state index is 12.8. The van der Waals surface area contributed by atoms with Gasteiger partial charge in [-0.1, -0.05) is 32.0 Å². The van der Waals surface area contributed by atoms with E-state index < -0.39 is 0 Å². The maximum Gasteiger partial charge on any atom is 0.255 e. The molecule has 1 saturated heterocycles. The number of rotatable bonds is 7. The molecule has 1 heterocycles. The second-order valence-corrected chi connectivity index (χ2v) is 7.56. The molecule has 5 nitrogen and oxygen atoms in total. The summed E-state index contributed by atoms with van der Waals surface area (Å²) in [6.07, 6.45) is 3.02. The van der Waals surface area contributed by atoms with E-state index in [1.54, 1.807) is 30.3 Å². The number of anilines is 1. The monoisotopic (exact) mass is 380 g/mol. The molecule has 0 radical (unpaired) electrons. The number of ether oxygens (including phenoxy) is 1. The van der Waals surface area contributed by atoms with E-state index in [4.69, 9.17) is 4.74 Å². The van der Waals surface area contributed by atoms with E-state index in [1.165, 1.54) is 0 Å². The number of likely N-dealkylation sites (tertiary alicyclic amines) is 1. The predicted molar refractivity (Wildman–Crippen MR) is 111 cm³/mol. The van der Waals surface area contributed by atoms with Crippen LogP contribution in [0.25, 0.3) is 0 Å². The second-order valence-electron chi connectivity index (χ2n) is 7.56. The summed E-state index contributed by atoms with van der Waals surface area (Å²) in [5.41, 5.74) is 1.57. The number of amides is 2. The van der Waals surface area contributed by atoms with Crippen molar-refractivity contribution in [1.29, 1.82) is 0 Å².